The number of hydrogen-bond donors (Lipinski definition) is 0. The number of hydrogen-bond acceptors (Lipinski definition) is 2. The molecule has 1 aromatic carbocycles. The molecule has 0 spiro atoms. The van der Waals surface area contributed by atoms with Gasteiger partial charge in [-0.25, -0.2) is 0 Å². The summed E-state index contributed by atoms with van der Waals surface area (Å²) in [6.45, 7) is 3.83. The van der Waals surface area contributed by atoms with Gasteiger partial charge in [0.1, 0.15) is 11.4 Å². The molecule has 2 aliphatic rings. The summed E-state index contributed by atoms with van der Waals surface area (Å²) in [5.74, 6) is 0.803. The van der Waals surface area contributed by atoms with Crippen molar-refractivity contribution >= 4 is 34.3 Å². The van der Waals surface area contributed by atoms with Crippen LogP contribution in [0.25, 0.3) is 5.76 Å². The smallest absolute Gasteiger partial charge is 0.250 e. The second kappa shape index (κ2) is 5.99. The van der Waals surface area contributed by atoms with E-state index < -0.39 is 0 Å². The fourth-order valence-corrected chi connectivity index (χ4v) is 3.60. The van der Waals surface area contributed by atoms with Crippen LogP contribution in [-0.4, -0.2) is 28.3 Å². The molecular weight excluding hydrogens is 377 g/mol. The average molecular weight is 397 g/mol. The van der Waals surface area contributed by atoms with Gasteiger partial charge in [-0.15, -0.1) is 0 Å². The number of piperidine rings is 1. The van der Waals surface area contributed by atoms with Gasteiger partial charge in [0.25, 0.3) is 0 Å². The number of carbonyl (C=O) groups is 1. The van der Waals surface area contributed by atoms with Crippen molar-refractivity contribution in [1.29, 1.82) is 0 Å². The molecule has 1 amide bonds. The van der Waals surface area contributed by atoms with Crippen LogP contribution in [0.1, 0.15) is 37.3 Å². The first kappa shape index (κ1) is 14.9. The molecular formula is C17H20INO2. The third-order valence-electron chi connectivity index (χ3n) is 4.27. The van der Waals surface area contributed by atoms with Crippen LogP contribution < -0.4 is 0 Å². The first-order valence-corrected chi connectivity index (χ1v) is 9.02. The molecule has 0 bridgehead atoms. The maximum Gasteiger partial charge on any atom is 0.250 e. The van der Waals surface area contributed by atoms with E-state index >= 15 is 0 Å². The highest BCUT2D eigenvalue weighted by molar-refractivity contribution is 14.1. The van der Waals surface area contributed by atoms with E-state index in [1.807, 2.05) is 23.1 Å². The van der Waals surface area contributed by atoms with Crippen molar-refractivity contribution in [1.82, 2.24) is 4.90 Å². The predicted molar refractivity (Wildman–Crippen MR) is 92.2 cm³/mol. The summed E-state index contributed by atoms with van der Waals surface area (Å²) in [4.78, 5) is 14.4. The van der Waals surface area contributed by atoms with Crippen LogP contribution in [0, 0.1) is 0 Å². The number of halogens is 1. The van der Waals surface area contributed by atoms with Gasteiger partial charge in [-0.2, -0.15) is 0 Å². The Balaban J connectivity index is 1.89. The molecule has 3 rings (SSSR count). The zero-order chi connectivity index (χ0) is 14.9. The van der Waals surface area contributed by atoms with Crippen molar-refractivity contribution < 1.29 is 9.53 Å². The molecule has 0 saturated carbocycles. The zero-order valence-electron chi connectivity index (χ0n) is 12.3. The van der Waals surface area contributed by atoms with Crippen molar-refractivity contribution in [3.63, 3.8) is 0 Å². The van der Waals surface area contributed by atoms with Gasteiger partial charge in [-0.1, -0.05) is 46.9 Å². The Morgan fingerprint density at radius 1 is 1.33 bits per heavy atom. The molecule has 0 aromatic heterocycles. The monoisotopic (exact) mass is 397 g/mol. The molecule has 2 heterocycles. The third-order valence-corrected chi connectivity index (χ3v) is 5.73. The molecule has 1 aromatic rings. The lowest BCUT2D eigenvalue weighted by molar-refractivity contribution is -0.126. The van der Waals surface area contributed by atoms with E-state index in [1.165, 1.54) is 12.0 Å². The Morgan fingerprint density at radius 2 is 2.05 bits per heavy atom. The summed E-state index contributed by atoms with van der Waals surface area (Å²) in [5.41, 5.74) is 1.91. The van der Waals surface area contributed by atoms with Crippen LogP contribution in [0.3, 0.4) is 0 Å². The van der Waals surface area contributed by atoms with Gasteiger partial charge in [0.2, 0.25) is 5.91 Å². The van der Waals surface area contributed by atoms with E-state index in [0.29, 0.717) is 0 Å². The highest BCUT2D eigenvalue weighted by Crippen LogP contribution is 2.43. The van der Waals surface area contributed by atoms with Gasteiger partial charge in [-0.05, 0) is 26.2 Å². The minimum absolute atomic E-state index is 0.0808. The Kier molecular flexibility index (Phi) is 4.24. The number of likely N-dealkylation sites (tertiary alicyclic amines) is 1. The first-order valence-electron chi connectivity index (χ1n) is 7.49. The molecule has 0 radical (unpaired) electrons. The molecule has 0 N–H and O–H groups in total. The average Bonchev–Trinajstić information content (AvgIpc) is 2.82. The van der Waals surface area contributed by atoms with Gasteiger partial charge in [0.15, 0.2) is 0 Å². The van der Waals surface area contributed by atoms with Crippen LogP contribution in [0.2, 0.25) is 0 Å². The predicted octanol–water partition coefficient (Wildman–Crippen LogP) is 3.72. The van der Waals surface area contributed by atoms with Crippen molar-refractivity contribution in [3.8, 4) is 0 Å². The third kappa shape index (κ3) is 2.82. The second-order valence-electron chi connectivity index (χ2n) is 5.91. The number of carbonyl (C=O) groups excluding carboxylic acids is 1. The van der Waals surface area contributed by atoms with Crippen LogP contribution in [-0.2, 0) is 15.1 Å². The molecule has 21 heavy (non-hydrogen) atoms. The molecule has 112 valence electrons. The first-order chi connectivity index (χ1) is 10.1. The van der Waals surface area contributed by atoms with Gasteiger partial charge in [-0.3, -0.25) is 4.79 Å². The van der Waals surface area contributed by atoms with Crippen LogP contribution in [0.5, 0.6) is 0 Å². The summed E-state index contributed by atoms with van der Waals surface area (Å²) < 4.78 is 6.99. The normalized spacial score (nSPS) is 26.6. The lowest BCUT2D eigenvalue weighted by Crippen LogP contribution is -2.34. The Hall–Kier alpha value is -1.04. The molecule has 1 unspecified atom stereocenters. The van der Waals surface area contributed by atoms with E-state index in [2.05, 4.69) is 35.6 Å². The molecule has 1 atom stereocenters. The van der Waals surface area contributed by atoms with E-state index in [4.69, 9.17) is 4.74 Å². The molecule has 0 aliphatic carbocycles. The molecule has 3 nitrogen and oxygen atoms in total. The number of amides is 1. The van der Waals surface area contributed by atoms with Gasteiger partial charge in [0, 0.05) is 34.7 Å². The topological polar surface area (TPSA) is 29.5 Å². The minimum Gasteiger partial charge on any atom is -0.481 e. The van der Waals surface area contributed by atoms with Crippen molar-refractivity contribution in [2.24, 2.45) is 0 Å². The van der Waals surface area contributed by atoms with Gasteiger partial charge < -0.3 is 9.64 Å². The number of benzene rings is 1. The highest BCUT2D eigenvalue weighted by Gasteiger charge is 2.38. The van der Waals surface area contributed by atoms with Crippen LogP contribution in [0.4, 0.5) is 0 Å². The second-order valence-corrected chi connectivity index (χ2v) is 6.67. The quantitative estimate of drug-likeness (QED) is 0.433. The van der Waals surface area contributed by atoms with E-state index in [-0.39, 0.29) is 11.5 Å². The molecule has 1 fully saturated rings. The van der Waals surface area contributed by atoms with Crippen molar-refractivity contribution in [2.45, 2.75) is 31.8 Å². The summed E-state index contributed by atoms with van der Waals surface area (Å²) in [5, 5.41) is 0. The van der Waals surface area contributed by atoms with Crippen LogP contribution in [0.15, 0.2) is 30.3 Å². The van der Waals surface area contributed by atoms with Gasteiger partial charge in [0.05, 0.1) is 0 Å². The lowest BCUT2D eigenvalue weighted by atomic mass is 9.96. The maximum absolute atomic E-state index is 12.4. The van der Waals surface area contributed by atoms with E-state index in [0.717, 1.165) is 41.7 Å². The molecule has 4 heteroatoms. The molecule has 1 saturated heterocycles. The number of fused-ring (bicyclic) bond motifs is 1. The molecule has 2 aliphatic heterocycles. The lowest BCUT2D eigenvalue weighted by Gasteiger charge is -2.26. The fourth-order valence-electron chi connectivity index (χ4n) is 3.04. The highest BCUT2D eigenvalue weighted by atomic mass is 127. The SMILES string of the molecule is CC1(CI)O/C(=C\C(=O)N2CCCCC2)c2ccccc21. The zero-order valence-corrected chi connectivity index (χ0v) is 14.4. The standard InChI is InChI=1S/C17H20INO2/c1-17(12-18)14-8-4-3-7-13(14)15(21-17)11-16(20)19-9-5-2-6-10-19/h3-4,7-8,11H,2,5-6,9-10,12H2,1H3/b15-11-. The van der Waals surface area contributed by atoms with E-state index in [1.54, 1.807) is 6.08 Å². The van der Waals surface area contributed by atoms with Gasteiger partial charge >= 0.3 is 0 Å². The summed E-state index contributed by atoms with van der Waals surface area (Å²) in [6, 6.07) is 8.17. The van der Waals surface area contributed by atoms with Crippen molar-refractivity contribution in [2.75, 3.05) is 17.5 Å². The van der Waals surface area contributed by atoms with Crippen LogP contribution >= 0.6 is 22.6 Å². The summed E-state index contributed by atoms with van der Waals surface area (Å²) in [6.07, 6.45) is 5.13. The Labute approximate surface area is 139 Å². The fraction of sp³-hybridized carbons (Fsp3) is 0.471. The number of ether oxygens (including phenoxy) is 1. The Morgan fingerprint density at radius 3 is 2.76 bits per heavy atom. The summed E-state index contributed by atoms with van der Waals surface area (Å²) in [7, 11) is 0. The van der Waals surface area contributed by atoms with Crippen molar-refractivity contribution in [3.05, 3.63) is 41.5 Å². The maximum atomic E-state index is 12.4. The largest absolute Gasteiger partial charge is 0.481 e. The number of rotatable bonds is 2. The number of alkyl halides is 1. The summed E-state index contributed by atoms with van der Waals surface area (Å²) >= 11 is 2.34. The number of nitrogens with zero attached hydrogens (tertiary/aromatic N) is 1. The van der Waals surface area contributed by atoms with E-state index in [9.17, 15) is 4.79 Å². The minimum atomic E-state index is -0.328. The Bertz CT molecular complexity index is 578.